The third-order valence-electron chi connectivity index (χ3n) is 2.70. The number of ether oxygens (including phenoxy) is 1. The highest BCUT2D eigenvalue weighted by Crippen LogP contribution is 2.11. The van der Waals surface area contributed by atoms with Crippen LogP contribution in [0.15, 0.2) is 29.2 Å². The van der Waals surface area contributed by atoms with Crippen LogP contribution in [-0.2, 0) is 21.2 Å². The van der Waals surface area contributed by atoms with E-state index in [-0.39, 0.29) is 24.2 Å². The first-order valence-electron chi connectivity index (χ1n) is 6.77. The van der Waals surface area contributed by atoms with E-state index in [1.54, 1.807) is 24.3 Å². The Morgan fingerprint density at radius 1 is 1.25 bits per heavy atom. The molecule has 0 aliphatic heterocycles. The van der Waals surface area contributed by atoms with Gasteiger partial charge in [-0.2, -0.15) is 0 Å². The van der Waals surface area contributed by atoms with Crippen molar-refractivity contribution in [2.45, 2.75) is 37.7 Å². The van der Waals surface area contributed by atoms with Crippen LogP contribution in [0.4, 0.5) is 0 Å². The molecular weight excluding hydrogens is 278 g/mol. The van der Waals surface area contributed by atoms with Crippen molar-refractivity contribution in [3.05, 3.63) is 29.8 Å². The number of aryl methyl sites for hydroxylation is 1. The van der Waals surface area contributed by atoms with Crippen molar-refractivity contribution in [2.24, 2.45) is 0 Å². The van der Waals surface area contributed by atoms with Gasteiger partial charge >= 0.3 is 0 Å². The van der Waals surface area contributed by atoms with Gasteiger partial charge in [0.15, 0.2) is 0 Å². The maximum Gasteiger partial charge on any atom is 0.240 e. The Morgan fingerprint density at radius 2 is 1.90 bits per heavy atom. The van der Waals surface area contributed by atoms with Gasteiger partial charge < -0.3 is 9.84 Å². The van der Waals surface area contributed by atoms with E-state index in [2.05, 4.69) is 4.72 Å². The summed E-state index contributed by atoms with van der Waals surface area (Å²) in [6.07, 6.45) is 1.51. The van der Waals surface area contributed by atoms with Crippen molar-refractivity contribution in [1.29, 1.82) is 0 Å². The minimum atomic E-state index is -3.47. The van der Waals surface area contributed by atoms with Crippen molar-refractivity contribution in [3.63, 3.8) is 0 Å². The summed E-state index contributed by atoms with van der Waals surface area (Å²) in [6, 6.07) is 6.71. The van der Waals surface area contributed by atoms with E-state index in [1.165, 1.54) is 0 Å². The number of hydrogen-bond donors (Lipinski definition) is 2. The Kier molecular flexibility index (Phi) is 7.15. The molecule has 6 heteroatoms. The molecule has 0 amide bonds. The second-order valence-electron chi connectivity index (χ2n) is 4.79. The molecule has 0 unspecified atom stereocenters. The van der Waals surface area contributed by atoms with E-state index in [0.717, 1.165) is 12.0 Å². The summed E-state index contributed by atoms with van der Waals surface area (Å²) in [6.45, 7) is 4.55. The zero-order chi connectivity index (χ0) is 15.0. The van der Waals surface area contributed by atoms with Crippen LogP contribution >= 0.6 is 0 Å². The van der Waals surface area contributed by atoms with Crippen molar-refractivity contribution in [3.8, 4) is 0 Å². The zero-order valence-electron chi connectivity index (χ0n) is 12.0. The summed E-state index contributed by atoms with van der Waals surface area (Å²) < 4.78 is 31.8. The highest BCUT2D eigenvalue weighted by atomic mass is 32.2. The first kappa shape index (κ1) is 17.1. The molecule has 0 bridgehead atoms. The van der Waals surface area contributed by atoms with Gasteiger partial charge in [-0.25, -0.2) is 13.1 Å². The lowest BCUT2D eigenvalue weighted by Crippen LogP contribution is -2.28. The number of nitrogens with one attached hydrogen (secondary N) is 1. The van der Waals surface area contributed by atoms with Crippen LogP contribution in [0.25, 0.3) is 0 Å². The summed E-state index contributed by atoms with van der Waals surface area (Å²) in [5.74, 6) is 0. The van der Waals surface area contributed by atoms with Crippen molar-refractivity contribution >= 4 is 10.0 Å². The second kappa shape index (κ2) is 8.36. The number of benzene rings is 1. The molecule has 0 aromatic heterocycles. The molecule has 0 saturated heterocycles. The predicted octanol–water partition coefficient (Wildman–Crippen LogP) is 1.31. The normalized spacial score (nSPS) is 12.0. The van der Waals surface area contributed by atoms with Crippen LogP contribution < -0.4 is 4.72 Å². The third-order valence-corrected chi connectivity index (χ3v) is 4.18. The van der Waals surface area contributed by atoms with E-state index < -0.39 is 10.0 Å². The molecule has 0 saturated carbocycles. The molecule has 1 aromatic rings. The Hall–Kier alpha value is -0.950. The Bertz CT molecular complexity index is 482. The minimum absolute atomic E-state index is 0.0883. The van der Waals surface area contributed by atoms with Gasteiger partial charge in [0.2, 0.25) is 10.0 Å². The second-order valence-corrected chi connectivity index (χ2v) is 6.56. The largest absolute Gasteiger partial charge is 0.396 e. The van der Waals surface area contributed by atoms with Gasteiger partial charge in [-0.1, -0.05) is 12.1 Å². The third kappa shape index (κ3) is 6.00. The molecule has 0 aliphatic carbocycles. The fourth-order valence-corrected chi connectivity index (χ4v) is 2.69. The molecule has 0 spiro atoms. The highest BCUT2D eigenvalue weighted by Gasteiger charge is 2.12. The van der Waals surface area contributed by atoms with Gasteiger partial charge in [0.1, 0.15) is 0 Å². The van der Waals surface area contributed by atoms with Crippen molar-refractivity contribution in [1.82, 2.24) is 4.72 Å². The van der Waals surface area contributed by atoms with Crippen LogP contribution in [-0.4, -0.2) is 39.4 Å². The molecule has 1 rings (SSSR count). The quantitative estimate of drug-likeness (QED) is 0.674. The number of hydrogen-bond acceptors (Lipinski definition) is 4. The highest BCUT2D eigenvalue weighted by molar-refractivity contribution is 7.89. The molecule has 0 heterocycles. The van der Waals surface area contributed by atoms with E-state index in [9.17, 15) is 8.42 Å². The lowest BCUT2D eigenvalue weighted by atomic mass is 10.1. The van der Waals surface area contributed by atoms with Gasteiger partial charge in [-0.15, -0.1) is 0 Å². The average Bonchev–Trinajstić information content (AvgIpc) is 2.42. The summed E-state index contributed by atoms with van der Waals surface area (Å²) in [7, 11) is -3.47. The first-order valence-corrected chi connectivity index (χ1v) is 8.25. The van der Waals surface area contributed by atoms with Crippen LogP contribution in [0.2, 0.25) is 0 Å². The maximum absolute atomic E-state index is 12.0. The van der Waals surface area contributed by atoms with E-state index in [0.29, 0.717) is 13.0 Å². The molecule has 0 atom stereocenters. The summed E-state index contributed by atoms with van der Waals surface area (Å²) >= 11 is 0. The summed E-state index contributed by atoms with van der Waals surface area (Å²) in [5, 5.41) is 8.75. The SMILES string of the molecule is CC(C)OCCNS(=O)(=O)c1ccc(CCCO)cc1. The molecule has 20 heavy (non-hydrogen) atoms. The van der Waals surface area contributed by atoms with Crippen LogP contribution in [0, 0.1) is 0 Å². The number of rotatable bonds is 9. The van der Waals surface area contributed by atoms with Gasteiger partial charge in [0, 0.05) is 13.2 Å². The van der Waals surface area contributed by atoms with Gasteiger partial charge in [-0.3, -0.25) is 0 Å². The van der Waals surface area contributed by atoms with E-state index in [1.807, 2.05) is 13.8 Å². The number of aliphatic hydroxyl groups is 1. The topological polar surface area (TPSA) is 75.6 Å². The zero-order valence-corrected chi connectivity index (χ0v) is 12.8. The molecule has 1 aromatic carbocycles. The van der Waals surface area contributed by atoms with Crippen LogP contribution in [0.3, 0.4) is 0 Å². The first-order chi connectivity index (χ1) is 9.45. The van der Waals surface area contributed by atoms with Gasteiger partial charge in [0.25, 0.3) is 0 Å². The fraction of sp³-hybridized carbons (Fsp3) is 0.571. The Labute approximate surface area is 121 Å². The average molecular weight is 301 g/mol. The molecule has 0 fully saturated rings. The summed E-state index contributed by atoms with van der Waals surface area (Å²) in [5.41, 5.74) is 1.01. The lowest BCUT2D eigenvalue weighted by molar-refractivity contribution is 0.0834. The molecular formula is C14H23NO4S. The van der Waals surface area contributed by atoms with Crippen molar-refractivity contribution < 1.29 is 18.3 Å². The van der Waals surface area contributed by atoms with Gasteiger partial charge in [-0.05, 0) is 44.4 Å². The number of sulfonamides is 1. The smallest absolute Gasteiger partial charge is 0.240 e. The summed E-state index contributed by atoms with van der Waals surface area (Å²) in [4.78, 5) is 0.245. The van der Waals surface area contributed by atoms with E-state index in [4.69, 9.17) is 9.84 Å². The molecule has 114 valence electrons. The van der Waals surface area contributed by atoms with Crippen LogP contribution in [0.1, 0.15) is 25.8 Å². The fourth-order valence-electron chi connectivity index (χ4n) is 1.67. The van der Waals surface area contributed by atoms with E-state index >= 15 is 0 Å². The number of aliphatic hydroxyl groups excluding tert-OH is 1. The molecule has 0 aliphatic rings. The molecule has 5 nitrogen and oxygen atoms in total. The lowest BCUT2D eigenvalue weighted by Gasteiger charge is -2.09. The minimum Gasteiger partial charge on any atom is -0.396 e. The Balaban J connectivity index is 2.54. The van der Waals surface area contributed by atoms with Crippen molar-refractivity contribution in [2.75, 3.05) is 19.8 Å². The van der Waals surface area contributed by atoms with Crippen LogP contribution in [0.5, 0.6) is 0 Å². The molecule has 2 N–H and O–H groups in total. The predicted molar refractivity (Wildman–Crippen MR) is 78.1 cm³/mol. The van der Waals surface area contributed by atoms with Gasteiger partial charge in [0.05, 0.1) is 17.6 Å². The standard InChI is InChI=1S/C14H23NO4S/c1-12(2)19-11-9-15-20(17,18)14-7-5-13(6-8-14)4-3-10-16/h5-8,12,15-16H,3-4,9-11H2,1-2H3. The monoisotopic (exact) mass is 301 g/mol. The molecule has 0 radical (unpaired) electrons. The Morgan fingerprint density at radius 3 is 2.45 bits per heavy atom. The maximum atomic E-state index is 12.0.